The minimum absolute atomic E-state index is 0.0101. The van der Waals surface area contributed by atoms with E-state index in [2.05, 4.69) is 35.2 Å². The zero-order valence-corrected chi connectivity index (χ0v) is 21.8. The molecule has 3 heterocycles. The number of rotatable bonds is 4. The van der Waals surface area contributed by atoms with E-state index in [1.54, 1.807) is 20.8 Å². The number of carbonyl (C=O) groups excluding carboxylic acids is 1. The van der Waals surface area contributed by atoms with Crippen molar-refractivity contribution >= 4 is 27.0 Å². The summed E-state index contributed by atoms with van der Waals surface area (Å²) in [7, 11) is -3.21. The summed E-state index contributed by atoms with van der Waals surface area (Å²) in [5.41, 5.74) is 3.65. The van der Waals surface area contributed by atoms with Crippen LogP contribution in [0.3, 0.4) is 0 Å². The van der Waals surface area contributed by atoms with Crippen LogP contribution in [-0.2, 0) is 9.84 Å². The van der Waals surface area contributed by atoms with E-state index >= 15 is 0 Å². The second kappa shape index (κ2) is 8.90. The zero-order valence-electron chi connectivity index (χ0n) is 21.0. The number of nitrogens with one attached hydrogen (secondary N) is 2. The highest BCUT2D eigenvalue weighted by molar-refractivity contribution is 7.93. The van der Waals surface area contributed by atoms with Gasteiger partial charge in [0.05, 0.1) is 27.6 Å². The molecule has 0 bridgehead atoms. The Morgan fingerprint density at radius 2 is 2.00 bits per heavy atom. The molecule has 0 radical (unpaired) electrons. The quantitative estimate of drug-likeness (QED) is 0.615. The van der Waals surface area contributed by atoms with Crippen LogP contribution < -0.4 is 5.32 Å². The lowest BCUT2D eigenvalue weighted by atomic mass is 9.77. The Bertz CT molecular complexity index is 1330. The maximum Gasteiger partial charge on any atom is 0.291 e. The Kier molecular flexibility index (Phi) is 6.39. The molecule has 1 saturated heterocycles. The molecule has 2 aromatic rings. The number of pyridine rings is 1. The molecule has 1 fully saturated rings. The van der Waals surface area contributed by atoms with Crippen molar-refractivity contribution < 1.29 is 13.2 Å². The van der Waals surface area contributed by atoms with Crippen LogP contribution in [0.25, 0.3) is 5.57 Å². The molecule has 0 aromatic carbocycles. The second-order valence-electron chi connectivity index (χ2n) is 11.2. The number of nitrogens with zero attached hydrogens (tertiary/aromatic N) is 3. The summed E-state index contributed by atoms with van der Waals surface area (Å²) in [5.74, 6) is -0.378. The third-order valence-electron chi connectivity index (χ3n) is 7.43. The molecule has 1 aliphatic carbocycles. The first-order chi connectivity index (χ1) is 16.3. The van der Waals surface area contributed by atoms with Gasteiger partial charge in [0.15, 0.2) is 15.7 Å². The number of aromatic nitrogens is 3. The van der Waals surface area contributed by atoms with Crippen molar-refractivity contribution in [1.82, 2.24) is 15.0 Å². The largest absolute Gasteiger partial charge is 0.326 e. The van der Waals surface area contributed by atoms with Gasteiger partial charge in [0.25, 0.3) is 5.91 Å². The van der Waals surface area contributed by atoms with Crippen LogP contribution in [0.5, 0.6) is 0 Å². The molecule has 1 amide bonds. The van der Waals surface area contributed by atoms with Crippen LogP contribution >= 0.6 is 0 Å². The van der Waals surface area contributed by atoms with E-state index < -0.39 is 25.7 Å². The average molecular weight is 496 g/mol. The normalized spacial score (nSPS) is 24.7. The minimum atomic E-state index is -3.21. The van der Waals surface area contributed by atoms with Gasteiger partial charge in [0, 0.05) is 11.6 Å². The van der Waals surface area contributed by atoms with Crippen molar-refractivity contribution in [3.05, 3.63) is 47.3 Å². The number of nitriles is 1. The van der Waals surface area contributed by atoms with Crippen molar-refractivity contribution in [2.24, 2.45) is 5.41 Å². The molecule has 4 rings (SSSR count). The molecule has 0 saturated carbocycles. The summed E-state index contributed by atoms with van der Waals surface area (Å²) in [5, 5.41) is 11.5. The number of anilines is 1. The summed E-state index contributed by atoms with van der Waals surface area (Å²) >= 11 is 0. The van der Waals surface area contributed by atoms with Gasteiger partial charge in [0.1, 0.15) is 11.8 Å². The van der Waals surface area contributed by atoms with Crippen molar-refractivity contribution in [2.45, 2.75) is 82.6 Å². The molecule has 2 aromatic heterocycles. The van der Waals surface area contributed by atoms with Gasteiger partial charge < -0.3 is 10.3 Å². The molecule has 2 aliphatic rings. The van der Waals surface area contributed by atoms with Gasteiger partial charge in [-0.2, -0.15) is 5.26 Å². The van der Waals surface area contributed by atoms with Gasteiger partial charge in [-0.05, 0) is 76.0 Å². The monoisotopic (exact) mass is 495 g/mol. The Labute approximate surface area is 207 Å². The van der Waals surface area contributed by atoms with E-state index in [0.717, 1.165) is 36.2 Å². The van der Waals surface area contributed by atoms with Crippen molar-refractivity contribution in [3.63, 3.8) is 0 Å². The smallest absolute Gasteiger partial charge is 0.291 e. The molecule has 186 valence electrons. The van der Waals surface area contributed by atoms with Crippen LogP contribution in [0.2, 0.25) is 0 Å². The molecular formula is C26H33N5O3S. The summed E-state index contributed by atoms with van der Waals surface area (Å²) < 4.78 is 24.8. The first kappa shape index (κ1) is 25.1. The molecule has 2 atom stereocenters. The van der Waals surface area contributed by atoms with Crippen LogP contribution in [0, 0.1) is 16.7 Å². The highest BCUT2D eigenvalue weighted by Crippen LogP contribution is 2.44. The van der Waals surface area contributed by atoms with E-state index in [0.29, 0.717) is 18.5 Å². The lowest BCUT2D eigenvalue weighted by Gasteiger charge is -2.38. The molecule has 35 heavy (non-hydrogen) atoms. The summed E-state index contributed by atoms with van der Waals surface area (Å²) in [6.07, 6.45) is 7.32. The third kappa shape index (κ3) is 4.90. The maximum atomic E-state index is 12.8. The van der Waals surface area contributed by atoms with Gasteiger partial charge in [-0.15, -0.1) is 0 Å². The standard InChI is InChI=1S/C26H33N5O3S/c1-16-12-18(13-26(4,5)35(16,33)34)20-6-7-21(31-24(32)23-28-15-19(14-27)29-23)22(30-20)17-8-10-25(2,3)11-9-17/h6-8,15-16,18H,9-13H2,1-5H3,(H,28,29)(H,31,32). The number of hydrogen-bond acceptors (Lipinski definition) is 6. The second-order valence-corrected chi connectivity index (χ2v) is 14.2. The highest BCUT2D eigenvalue weighted by Gasteiger charge is 2.46. The van der Waals surface area contributed by atoms with Crippen molar-refractivity contribution in [3.8, 4) is 6.07 Å². The number of imidazole rings is 1. The number of carbonyl (C=O) groups is 1. The zero-order chi connectivity index (χ0) is 25.6. The Balaban J connectivity index is 1.70. The molecule has 8 nitrogen and oxygen atoms in total. The fraction of sp³-hybridized carbons (Fsp3) is 0.538. The molecule has 0 spiro atoms. The van der Waals surface area contributed by atoms with Crippen LogP contribution in [0.4, 0.5) is 5.69 Å². The Morgan fingerprint density at radius 3 is 2.60 bits per heavy atom. The third-order valence-corrected chi connectivity index (χ3v) is 10.4. The molecule has 9 heteroatoms. The summed E-state index contributed by atoms with van der Waals surface area (Å²) in [6, 6.07) is 5.68. The lowest BCUT2D eigenvalue weighted by Crippen LogP contribution is -2.45. The summed E-state index contributed by atoms with van der Waals surface area (Å²) in [4.78, 5) is 24.6. The van der Waals surface area contributed by atoms with Gasteiger partial charge in [-0.3, -0.25) is 9.78 Å². The SMILES string of the molecule is CC1CC(c2ccc(NC(=O)c3ncc(C#N)[nH]3)c(C3=CCC(C)(C)CC3)n2)CC(C)(C)S1(=O)=O. The van der Waals surface area contributed by atoms with Crippen molar-refractivity contribution in [1.29, 1.82) is 5.26 Å². The predicted molar refractivity (Wildman–Crippen MR) is 136 cm³/mol. The minimum Gasteiger partial charge on any atom is -0.326 e. The van der Waals surface area contributed by atoms with Crippen LogP contribution in [0.15, 0.2) is 24.4 Å². The van der Waals surface area contributed by atoms with Crippen LogP contribution in [0.1, 0.15) is 100 Å². The number of H-pyrrole nitrogens is 1. The molecule has 2 unspecified atom stereocenters. The van der Waals surface area contributed by atoms with Gasteiger partial charge in [-0.25, -0.2) is 13.4 Å². The van der Waals surface area contributed by atoms with E-state index in [-0.39, 0.29) is 22.9 Å². The Morgan fingerprint density at radius 1 is 1.26 bits per heavy atom. The number of allylic oxidation sites excluding steroid dienone is 2. The van der Waals surface area contributed by atoms with Gasteiger partial charge in [-0.1, -0.05) is 19.9 Å². The van der Waals surface area contributed by atoms with E-state index in [9.17, 15) is 13.2 Å². The number of aromatic amines is 1. The first-order valence-corrected chi connectivity index (χ1v) is 13.6. The van der Waals surface area contributed by atoms with Crippen molar-refractivity contribution in [2.75, 3.05) is 5.32 Å². The van der Waals surface area contributed by atoms with E-state index in [1.165, 1.54) is 6.20 Å². The highest BCUT2D eigenvalue weighted by atomic mass is 32.2. The lowest BCUT2D eigenvalue weighted by molar-refractivity contribution is 0.101. The van der Waals surface area contributed by atoms with E-state index in [4.69, 9.17) is 10.2 Å². The first-order valence-electron chi connectivity index (χ1n) is 12.0. The van der Waals surface area contributed by atoms with Crippen LogP contribution in [-0.4, -0.2) is 39.3 Å². The van der Waals surface area contributed by atoms with E-state index in [1.807, 2.05) is 18.2 Å². The van der Waals surface area contributed by atoms with Gasteiger partial charge >= 0.3 is 0 Å². The number of amides is 1. The topological polar surface area (TPSA) is 129 Å². The predicted octanol–water partition coefficient (Wildman–Crippen LogP) is 4.98. The Hall–Kier alpha value is -2.99. The molecular weight excluding hydrogens is 462 g/mol. The molecule has 1 aliphatic heterocycles. The fourth-order valence-electron chi connectivity index (χ4n) is 5.10. The number of hydrogen-bond donors (Lipinski definition) is 2. The molecule has 2 N–H and O–H groups in total. The maximum absolute atomic E-state index is 12.8. The average Bonchev–Trinajstić information content (AvgIpc) is 3.27. The summed E-state index contributed by atoms with van der Waals surface area (Å²) in [6.45, 7) is 9.85. The number of sulfone groups is 1. The van der Waals surface area contributed by atoms with Gasteiger partial charge in [0.2, 0.25) is 0 Å². The fourth-order valence-corrected chi connectivity index (χ4v) is 7.11.